The number of allylic oxidation sites excluding steroid dienone is 2. The first-order valence-corrected chi connectivity index (χ1v) is 5.93. The van der Waals surface area contributed by atoms with E-state index in [4.69, 9.17) is 0 Å². The summed E-state index contributed by atoms with van der Waals surface area (Å²) in [6.45, 7) is 1.59. The molecule has 0 aromatic heterocycles. The summed E-state index contributed by atoms with van der Waals surface area (Å²) in [5, 5.41) is 0.671. The monoisotopic (exact) mass is 218 g/mol. The number of Topliss-reactive ketones (excluding diaryl/α,β-unsaturated/α-hetero) is 1. The Morgan fingerprint density at radius 2 is 2.27 bits per heavy atom. The maximum atomic E-state index is 11.6. The van der Waals surface area contributed by atoms with Gasteiger partial charge in [0.05, 0.1) is 0 Å². The zero-order valence-corrected chi connectivity index (χ0v) is 9.14. The molecular weight excluding hydrogens is 208 g/mol. The molecule has 0 aromatic carbocycles. The molecule has 0 saturated carbocycles. The third-order valence-corrected chi connectivity index (χ3v) is 4.37. The van der Waals surface area contributed by atoms with E-state index in [1.165, 1.54) is 0 Å². The molecule has 2 aliphatic carbocycles. The van der Waals surface area contributed by atoms with Gasteiger partial charge < -0.3 is 0 Å². The summed E-state index contributed by atoms with van der Waals surface area (Å²) in [6.07, 6.45) is 6.11. The van der Waals surface area contributed by atoms with Crippen LogP contribution >= 0.6 is 11.8 Å². The molecule has 0 N–H and O–H groups in total. The van der Waals surface area contributed by atoms with Crippen LogP contribution in [0.1, 0.15) is 13.3 Å². The third kappa shape index (κ3) is 1.34. The van der Waals surface area contributed by atoms with E-state index < -0.39 is 0 Å². The standard InChI is InChI=1S/C12H10O2S/c1-6(13)12-8-4-7(14)2-3-10(8)15-11-5-9(11)12/h2-3,5,10-11H,4H2,1H3. The number of fused-ring (bicyclic) bond motifs is 2. The van der Waals surface area contributed by atoms with Gasteiger partial charge in [0.1, 0.15) is 0 Å². The van der Waals surface area contributed by atoms with Gasteiger partial charge in [0.15, 0.2) is 11.6 Å². The van der Waals surface area contributed by atoms with Crippen LogP contribution in [0.15, 0.2) is 34.9 Å². The number of ketones is 2. The summed E-state index contributed by atoms with van der Waals surface area (Å²) in [7, 11) is 0. The molecule has 3 rings (SSSR count). The number of carbonyl (C=O) groups is 2. The van der Waals surface area contributed by atoms with Gasteiger partial charge in [0, 0.05) is 22.5 Å². The molecule has 0 bridgehead atoms. The summed E-state index contributed by atoms with van der Waals surface area (Å²) in [5.41, 5.74) is 3.02. The van der Waals surface area contributed by atoms with E-state index >= 15 is 0 Å². The summed E-state index contributed by atoms with van der Waals surface area (Å²) in [4.78, 5) is 22.9. The van der Waals surface area contributed by atoms with Crippen LogP contribution in [-0.4, -0.2) is 22.1 Å². The third-order valence-electron chi connectivity index (χ3n) is 2.95. The predicted molar refractivity (Wildman–Crippen MR) is 59.7 cm³/mol. The lowest BCUT2D eigenvalue weighted by atomic mass is 9.91. The minimum absolute atomic E-state index is 0.104. The van der Waals surface area contributed by atoms with Crippen molar-refractivity contribution in [2.75, 3.05) is 0 Å². The second kappa shape index (κ2) is 2.95. The van der Waals surface area contributed by atoms with Crippen molar-refractivity contribution in [1.82, 2.24) is 0 Å². The Bertz CT molecular complexity index is 468. The first kappa shape index (κ1) is 9.16. The maximum Gasteiger partial charge on any atom is 0.160 e. The van der Waals surface area contributed by atoms with Crippen LogP contribution in [-0.2, 0) is 9.59 Å². The van der Waals surface area contributed by atoms with Crippen LogP contribution in [0.2, 0.25) is 0 Å². The highest BCUT2D eigenvalue weighted by Crippen LogP contribution is 2.51. The van der Waals surface area contributed by atoms with Gasteiger partial charge in [0.2, 0.25) is 0 Å². The molecular formula is C12H10O2S. The topological polar surface area (TPSA) is 34.1 Å². The minimum Gasteiger partial charge on any atom is -0.295 e. The molecule has 2 atom stereocenters. The quantitative estimate of drug-likeness (QED) is 0.673. The van der Waals surface area contributed by atoms with Crippen molar-refractivity contribution in [2.24, 2.45) is 0 Å². The van der Waals surface area contributed by atoms with Gasteiger partial charge in [-0.3, -0.25) is 9.59 Å². The van der Waals surface area contributed by atoms with E-state index in [2.05, 4.69) is 6.08 Å². The van der Waals surface area contributed by atoms with Crippen LogP contribution in [0, 0.1) is 0 Å². The molecule has 1 heterocycles. The largest absolute Gasteiger partial charge is 0.295 e. The maximum absolute atomic E-state index is 11.6. The Morgan fingerprint density at radius 3 is 3.00 bits per heavy atom. The van der Waals surface area contributed by atoms with E-state index in [0.29, 0.717) is 11.7 Å². The van der Waals surface area contributed by atoms with Crippen molar-refractivity contribution in [3.05, 3.63) is 34.9 Å². The minimum atomic E-state index is 0.104. The number of carbonyl (C=O) groups excluding carboxylic acids is 2. The highest BCUT2D eigenvalue weighted by molar-refractivity contribution is 8.01. The zero-order chi connectivity index (χ0) is 10.6. The fourth-order valence-corrected chi connectivity index (χ4v) is 3.58. The molecule has 0 saturated heterocycles. The van der Waals surface area contributed by atoms with Gasteiger partial charge >= 0.3 is 0 Å². The van der Waals surface area contributed by atoms with E-state index in [1.54, 1.807) is 13.0 Å². The van der Waals surface area contributed by atoms with E-state index in [0.717, 1.165) is 16.7 Å². The zero-order valence-electron chi connectivity index (χ0n) is 8.32. The molecule has 0 fully saturated rings. The second-order valence-corrected chi connectivity index (χ2v) is 5.35. The van der Waals surface area contributed by atoms with Crippen LogP contribution in [0.3, 0.4) is 0 Å². The molecule has 2 nitrogen and oxygen atoms in total. The summed E-state index contributed by atoms with van der Waals surface area (Å²) >= 11 is 1.83. The number of rotatable bonds is 1. The van der Waals surface area contributed by atoms with Crippen molar-refractivity contribution in [2.45, 2.75) is 23.8 Å². The average molecular weight is 218 g/mol. The average Bonchev–Trinajstić information content (AvgIpc) is 2.91. The first-order valence-electron chi connectivity index (χ1n) is 4.99. The van der Waals surface area contributed by atoms with Gasteiger partial charge in [-0.1, -0.05) is 12.2 Å². The van der Waals surface area contributed by atoms with Gasteiger partial charge in [-0.25, -0.2) is 0 Å². The summed E-state index contributed by atoms with van der Waals surface area (Å²) in [6, 6.07) is 0. The normalized spacial score (nSPS) is 32.1. The lowest BCUT2D eigenvalue weighted by Gasteiger charge is -2.26. The first-order chi connectivity index (χ1) is 7.16. The second-order valence-electron chi connectivity index (χ2n) is 4.06. The predicted octanol–water partition coefficient (Wildman–Crippen LogP) is 1.82. The molecule has 1 aliphatic heterocycles. The van der Waals surface area contributed by atoms with Crippen LogP contribution in [0.5, 0.6) is 0 Å². The molecule has 3 heteroatoms. The van der Waals surface area contributed by atoms with Crippen molar-refractivity contribution >= 4 is 23.3 Å². The van der Waals surface area contributed by atoms with Crippen molar-refractivity contribution in [3.8, 4) is 0 Å². The fourth-order valence-electron chi connectivity index (χ4n) is 2.24. The van der Waals surface area contributed by atoms with Gasteiger partial charge in [-0.2, -0.15) is 0 Å². The van der Waals surface area contributed by atoms with Crippen LogP contribution in [0.4, 0.5) is 0 Å². The summed E-state index contributed by atoms with van der Waals surface area (Å²) in [5.74, 6) is 0.215. The number of hydrogen-bond donors (Lipinski definition) is 0. The number of thioether (sulfide) groups is 1. The van der Waals surface area contributed by atoms with E-state index in [-0.39, 0.29) is 16.8 Å². The van der Waals surface area contributed by atoms with Crippen LogP contribution < -0.4 is 0 Å². The van der Waals surface area contributed by atoms with Crippen LogP contribution in [0.25, 0.3) is 0 Å². The Morgan fingerprint density at radius 1 is 1.47 bits per heavy atom. The summed E-state index contributed by atoms with van der Waals surface area (Å²) < 4.78 is 0. The highest BCUT2D eigenvalue weighted by atomic mass is 32.2. The molecule has 0 aromatic rings. The lowest BCUT2D eigenvalue weighted by Crippen LogP contribution is -2.22. The van der Waals surface area contributed by atoms with Crippen molar-refractivity contribution in [1.29, 1.82) is 0 Å². The van der Waals surface area contributed by atoms with Gasteiger partial charge in [-0.05, 0) is 24.1 Å². The Hall–Kier alpha value is -1.09. The SMILES string of the molecule is CC(=O)C1=C2CC(=O)C=CC2SC2C=C12. The number of hydrogen-bond acceptors (Lipinski definition) is 3. The van der Waals surface area contributed by atoms with Crippen molar-refractivity contribution in [3.63, 3.8) is 0 Å². The van der Waals surface area contributed by atoms with Gasteiger partial charge in [0.25, 0.3) is 0 Å². The Kier molecular flexibility index (Phi) is 1.80. The molecule has 76 valence electrons. The van der Waals surface area contributed by atoms with E-state index in [1.807, 2.05) is 17.8 Å². The highest BCUT2D eigenvalue weighted by Gasteiger charge is 2.41. The lowest BCUT2D eigenvalue weighted by molar-refractivity contribution is -0.114. The molecule has 0 spiro atoms. The molecule has 0 radical (unpaired) electrons. The molecule has 2 unspecified atom stereocenters. The Balaban J connectivity index is 2.12. The smallest absolute Gasteiger partial charge is 0.160 e. The van der Waals surface area contributed by atoms with Gasteiger partial charge in [-0.15, -0.1) is 11.8 Å². The Labute approximate surface area is 92.1 Å². The molecule has 15 heavy (non-hydrogen) atoms. The van der Waals surface area contributed by atoms with Crippen molar-refractivity contribution < 1.29 is 9.59 Å². The molecule has 0 amide bonds. The fraction of sp³-hybridized carbons (Fsp3) is 0.333. The molecule has 3 aliphatic rings. The van der Waals surface area contributed by atoms with E-state index in [9.17, 15) is 9.59 Å².